The van der Waals surface area contributed by atoms with Crippen LogP contribution in [0.25, 0.3) is 0 Å². The fraction of sp³-hybridized carbons (Fsp3) is 0.600. The van der Waals surface area contributed by atoms with Crippen molar-refractivity contribution in [2.75, 3.05) is 27.2 Å². The highest BCUT2D eigenvalue weighted by molar-refractivity contribution is 5.37. The summed E-state index contributed by atoms with van der Waals surface area (Å²) in [6, 6.07) is 9.33. The average molecular weight is 248 g/mol. The summed E-state index contributed by atoms with van der Waals surface area (Å²) in [5.41, 5.74) is 1.31. The van der Waals surface area contributed by atoms with E-state index in [0.29, 0.717) is 12.1 Å². The maximum atomic E-state index is 5.69. The van der Waals surface area contributed by atoms with Crippen molar-refractivity contribution in [3.05, 3.63) is 29.8 Å². The molecule has 0 radical (unpaired) electrons. The fourth-order valence-corrected chi connectivity index (χ4v) is 2.39. The van der Waals surface area contributed by atoms with Crippen LogP contribution in [0.15, 0.2) is 24.3 Å². The zero-order valence-corrected chi connectivity index (χ0v) is 11.6. The number of nitrogens with zero attached hydrogens (tertiary/aromatic N) is 1. The summed E-state index contributed by atoms with van der Waals surface area (Å²) in [6.45, 7) is 4.20. The topological polar surface area (TPSA) is 24.5 Å². The van der Waals surface area contributed by atoms with E-state index in [2.05, 4.69) is 49.4 Å². The Bertz CT molecular complexity index is 379. The van der Waals surface area contributed by atoms with Crippen LogP contribution in [0.2, 0.25) is 0 Å². The van der Waals surface area contributed by atoms with Crippen LogP contribution >= 0.6 is 0 Å². The Hall–Kier alpha value is -1.06. The van der Waals surface area contributed by atoms with Gasteiger partial charge < -0.3 is 15.0 Å². The third kappa shape index (κ3) is 3.47. The zero-order chi connectivity index (χ0) is 13.0. The van der Waals surface area contributed by atoms with Crippen molar-refractivity contribution in [2.24, 2.45) is 0 Å². The van der Waals surface area contributed by atoms with E-state index in [0.717, 1.165) is 25.3 Å². The molecule has 1 aromatic carbocycles. The van der Waals surface area contributed by atoms with Crippen molar-refractivity contribution < 1.29 is 4.74 Å². The summed E-state index contributed by atoms with van der Waals surface area (Å²) < 4.78 is 5.69. The molecule has 0 spiro atoms. The standard InChI is InChI=1S/C15H24N2O/c1-12(8-10-17(2)3)16-14-9-11-18-15-7-5-4-6-13(14)15/h4-7,12,14,16H,8-11H2,1-3H3. The summed E-state index contributed by atoms with van der Waals surface area (Å²) in [7, 11) is 4.24. The lowest BCUT2D eigenvalue weighted by atomic mass is 9.99. The number of benzene rings is 1. The molecule has 100 valence electrons. The number of hydrogen-bond acceptors (Lipinski definition) is 3. The van der Waals surface area contributed by atoms with E-state index in [9.17, 15) is 0 Å². The first-order valence-corrected chi connectivity index (χ1v) is 6.79. The van der Waals surface area contributed by atoms with Gasteiger partial charge >= 0.3 is 0 Å². The van der Waals surface area contributed by atoms with E-state index in [1.807, 2.05) is 6.07 Å². The Morgan fingerprint density at radius 2 is 2.17 bits per heavy atom. The monoisotopic (exact) mass is 248 g/mol. The normalized spacial score (nSPS) is 20.3. The molecule has 0 bridgehead atoms. The molecule has 2 unspecified atom stereocenters. The summed E-state index contributed by atoms with van der Waals surface area (Å²) in [5, 5.41) is 3.72. The highest BCUT2D eigenvalue weighted by Gasteiger charge is 2.21. The number of hydrogen-bond donors (Lipinski definition) is 1. The Labute approximate surface area is 110 Å². The maximum absolute atomic E-state index is 5.69. The van der Waals surface area contributed by atoms with Crippen LogP contribution in [0, 0.1) is 0 Å². The van der Waals surface area contributed by atoms with Crippen LogP contribution < -0.4 is 10.1 Å². The molecule has 3 heteroatoms. The van der Waals surface area contributed by atoms with Gasteiger partial charge in [0.05, 0.1) is 6.61 Å². The molecule has 1 heterocycles. The highest BCUT2D eigenvalue weighted by atomic mass is 16.5. The second-order valence-electron chi connectivity index (χ2n) is 5.39. The molecule has 2 rings (SSSR count). The molecule has 18 heavy (non-hydrogen) atoms. The van der Waals surface area contributed by atoms with Gasteiger partial charge in [0, 0.05) is 24.1 Å². The minimum atomic E-state index is 0.437. The third-order valence-corrected chi connectivity index (χ3v) is 3.45. The van der Waals surface area contributed by atoms with Gasteiger partial charge in [-0.3, -0.25) is 0 Å². The van der Waals surface area contributed by atoms with E-state index in [1.54, 1.807) is 0 Å². The summed E-state index contributed by atoms with van der Waals surface area (Å²) in [4.78, 5) is 2.23. The van der Waals surface area contributed by atoms with Crippen LogP contribution in [-0.2, 0) is 0 Å². The molecule has 0 saturated carbocycles. The van der Waals surface area contributed by atoms with Crippen LogP contribution in [-0.4, -0.2) is 38.2 Å². The lowest BCUT2D eigenvalue weighted by molar-refractivity contribution is 0.241. The van der Waals surface area contributed by atoms with Crippen LogP contribution in [0.5, 0.6) is 5.75 Å². The summed E-state index contributed by atoms with van der Waals surface area (Å²) in [6.07, 6.45) is 2.23. The van der Waals surface area contributed by atoms with Gasteiger partial charge in [-0.15, -0.1) is 0 Å². The second-order valence-corrected chi connectivity index (χ2v) is 5.39. The van der Waals surface area contributed by atoms with Crippen molar-refractivity contribution in [1.29, 1.82) is 0 Å². The Morgan fingerprint density at radius 3 is 2.94 bits per heavy atom. The molecule has 0 amide bonds. The van der Waals surface area contributed by atoms with E-state index in [-0.39, 0.29) is 0 Å². The van der Waals surface area contributed by atoms with Gasteiger partial charge in [-0.25, -0.2) is 0 Å². The van der Waals surface area contributed by atoms with Crippen molar-refractivity contribution in [3.8, 4) is 5.75 Å². The molecule has 2 atom stereocenters. The number of rotatable bonds is 5. The van der Waals surface area contributed by atoms with Gasteiger partial charge in [0.15, 0.2) is 0 Å². The zero-order valence-electron chi connectivity index (χ0n) is 11.6. The van der Waals surface area contributed by atoms with Gasteiger partial charge in [0.2, 0.25) is 0 Å². The smallest absolute Gasteiger partial charge is 0.124 e. The molecule has 3 nitrogen and oxygen atoms in total. The summed E-state index contributed by atoms with van der Waals surface area (Å²) >= 11 is 0. The van der Waals surface area contributed by atoms with Crippen molar-refractivity contribution in [3.63, 3.8) is 0 Å². The van der Waals surface area contributed by atoms with Crippen molar-refractivity contribution in [1.82, 2.24) is 10.2 Å². The lowest BCUT2D eigenvalue weighted by Crippen LogP contribution is -2.35. The van der Waals surface area contributed by atoms with Gasteiger partial charge in [0.25, 0.3) is 0 Å². The predicted molar refractivity (Wildman–Crippen MR) is 75.1 cm³/mol. The van der Waals surface area contributed by atoms with Crippen LogP contribution in [0.4, 0.5) is 0 Å². The third-order valence-electron chi connectivity index (χ3n) is 3.45. The molecule has 0 fully saturated rings. The summed E-state index contributed by atoms with van der Waals surface area (Å²) in [5.74, 6) is 1.04. The van der Waals surface area contributed by atoms with E-state index in [4.69, 9.17) is 4.74 Å². The number of fused-ring (bicyclic) bond motifs is 1. The van der Waals surface area contributed by atoms with Gasteiger partial charge in [-0.2, -0.15) is 0 Å². The number of nitrogens with one attached hydrogen (secondary N) is 1. The minimum Gasteiger partial charge on any atom is -0.493 e. The fourth-order valence-electron chi connectivity index (χ4n) is 2.39. The van der Waals surface area contributed by atoms with E-state index < -0.39 is 0 Å². The first-order valence-electron chi connectivity index (χ1n) is 6.79. The first kappa shape index (κ1) is 13.4. The Balaban J connectivity index is 1.94. The van der Waals surface area contributed by atoms with Gasteiger partial charge in [-0.05, 0) is 40.1 Å². The molecule has 1 N–H and O–H groups in total. The molecule has 1 aliphatic rings. The molecular weight excluding hydrogens is 224 g/mol. The van der Waals surface area contributed by atoms with Crippen molar-refractivity contribution in [2.45, 2.75) is 31.8 Å². The van der Waals surface area contributed by atoms with E-state index >= 15 is 0 Å². The average Bonchev–Trinajstić information content (AvgIpc) is 2.37. The molecule has 1 aromatic rings. The SMILES string of the molecule is CC(CCN(C)C)NC1CCOc2ccccc21. The molecular formula is C15H24N2O. The highest BCUT2D eigenvalue weighted by Crippen LogP contribution is 2.31. The molecule has 1 aliphatic heterocycles. The van der Waals surface area contributed by atoms with Crippen LogP contribution in [0.1, 0.15) is 31.4 Å². The quantitative estimate of drug-likeness (QED) is 0.866. The molecule has 0 aliphatic carbocycles. The number of para-hydroxylation sites is 1. The number of ether oxygens (including phenoxy) is 1. The van der Waals surface area contributed by atoms with Crippen LogP contribution in [0.3, 0.4) is 0 Å². The lowest BCUT2D eigenvalue weighted by Gasteiger charge is -2.29. The second kappa shape index (κ2) is 6.21. The maximum Gasteiger partial charge on any atom is 0.124 e. The van der Waals surface area contributed by atoms with Crippen molar-refractivity contribution >= 4 is 0 Å². The molecule has 0 aromatic heterocycles. The molecule has 0 saturated heterocycles. The van der Waals surface area contributed by atoms with Gasteiger partial charge in [0.1, 0.15) is 5.75 Å². The largest absolute Gasteiger partial charge is 0.493 e. The predicted octanol–water partition coefficient (Wildman–Crippen LogP) is 2.44. The first-order chi connectivity index (χ1) is 8.66. The van der Waals surface area contributed by atoms with Gasteiger partial charge in [-0.1, -0.05) is 18.2 Å². The Morgan fingerprint density at radius 1 is 1.39 bits per heavy atom. The van der Waals surface area contributed by atoms with E-state index in [1.165, 1.54) is 12.0 Å². The minimum absolute atomic E-state index is 0.437. The Kier molecular flexibility index (Phi) is 4.61.